The molecule has 1 aliphatic carbocycles. The van der Waals surface area contributed by atoms with Crippen molar-refractivity contribution in [2.45, 2.75) is 49.4 Å². The molecule has 2 aliphatic rings. The number of rotatable bonds is 3. The van der Waals surface area contributed by atoms with Crippen molar-refractivity contribution in [2.24, 2.45) is 4.99 Å². The molecular formula is C17H25F3N4S2. The first-order valence-corrected chi connectivity index (χ1v) is 10.9. The number of halogens is 3. The molecule has 1 aromatic rings. The Labute approximate surface area is 160 Å². The van der Waals surface area contributed by atoms with Gasteiger partial charge in [-0.1, -0.05) is 19.3 Å². The predicted molar refractivity (Wildman–Crippen MR) is 102 cm³/mol. The quantitative estimate of drug-likeness (QED) is 0.608. The molecule has 1 N–H and O–H groups in total. The van der Waals surface area contributed by atoms with E-state index in [1.165, 1.54) is 32.1 Å². The maximum atomic E-state index is 12.6. The highest BCUT2D eigenvalue weighted by Crippen LogP contribution is 2.42. The molecule has 0 radical (unpaired) electrons. The summed E-state index contributed by atoms with van der Waals surface area (Å²) in [6, 6.07) is 0. The first-order valence-electron chi connectivity index (χ1n) is 9.03. The molecule has 0 aromatic carbocycles. The molecule has 0 amide bonds. The molecule has 1 saturated heterocycles. The molecule has 1 spiro atoms. The van der Waals surface area contributed by atoms with Crippen molar-refractivity contribution in [1.29, 1.82) is 0 Å². The SMILES string of the molecule is CN=C(NCCc1nc(C(F)(F)F)cs1)N1CCSC2(CCCCC2)C1. The Bertz CT molecular complexity index is 618. The normalized spacial score (nSPS) is 21.2. The number of thioether (sulfide) groups is 1. The van der Waals surface area contributed by atoms with Crippen LogP contribution in [0.1, 0.15) is 42.8 Å². The number of thiazole rings is 1. The van der Waals surface area contributed by atoms with Gasteiger partial charge in [-0.05, 0) is 12.8 Å². The van der Waals surface area contributed by atoms with Gasteiger partial charge in [0.05, 0.1) is 5.01 Å². The zero-order valence-corrected chi connectivity index (χ0v) is 16.6. The van der Waals surface area contributed by atoms with Gasteiger partial charge in [-0.15, -0.1) is 11.3 Å². The molecule has 0 atom stereocenters. The number of guanidine groups is 1. The van der Waals surface area contributed by atoms with Crippen LogP contribution in [0, 0.1) is 0 Å². The van der Waals surface area contributed by atoms with E-state index >= 15 is 0 Å². The highest BCUT2D eigenvalue weighted by molar-refractivity contribution is 8.00. The van der Waals surface area contributed by atoms with Crippen LogP contribution in [0.5, 0.6) is 0 Å². The summed E-state index contributed by atoms with van der Waals surface area (Å²) in [6.07, 6.45) is 2.58. The predicted octanol–water partition coefficient (Wildman–Crippen LogP) is 4.03. The van der Waals surface area contributed by atoms with Gasteiger partial charge in [-0.3, -0.25) is 4.99 Å². The van der Waals surface area contributed by atoms with Crippen molar-refractivity contribution in [2.75, 3.05) is 32.4 Å². The number of alkyl halides is 3. The maximum Gasteiger partial charge on any atom is 0.434 e. The average molecular weight is 407 g/mol. The van der Waals surface area contributed by atoms with Gasteiger partial charge in [-0.2, -0.15) is 24.9 Å². The van der Waals surface area contributed by atoms with E-state index in [1.807, 2.05) is 0 Å². The van der Waals surface area contributed by atoms with Crippen molar-refractivity contribution < 1.29 is 13.2 Å². The fourth-order valence-electron chi connectivity index (χ4n) is 3.69. The summed E-state index contributed by atoms with van der Waals surface area (Å²) in [5, 5.41) is 4.89. The molecule has 2 heterocycles. The Morgan fingerprint density at radius 2 is 2.12 bits per heavy atom. The van der Waals surface area contributed by atoms with E-state index < -0.39 is 11.9 Å². The lowest BCUT2D eigenvalue weighted by Crippen LogP contribution is -2.53. The largest absolute Gasteiger partial charge is 0.434 e. The highest BCUT2D eigenvalue weighted by atomic mass is 32.2. The standard InChI is InChI=1S/C17H25F3N4S2/c1-21-15(22-8-5-14-23-13(11-25-14)17(18,19)20)24-9-10-26-16(12-24)6-3-2-4-7-16/h11H,2-10,12H2,1H3,(H,21,22). The minimum atomic E-state index is -4.36. The number of aliphatic imine (C=N–C) groups is 1. The summed E-state index contributed by atoms with van der Waals surface area (Å²) in [6.45, 7) is 2.50. The van der Waals surface area contributed by atoms with E-state index in [1.54, 1.807) is 7.05 Å². The summed E-state index contributed by atoms with van der Waals surface area (Å²) in [5.74, 6) is 1.95. The Kier molecular flexibility index (Phi) is 6.37. The summed E-state index contributed by atoms with van der Waals surface area (Å²) in [4.78, 5) is 10.4. The van der Waals surface area contributed by atoms with Crippen LogP contribution in [-0.4, -0.2) is 53.0 Å². The number of nitrogens with zero attached hydrogens (tertiary/aromatic N) is 3. The molecule has 146 valence electrons. The van der Waals surface area contributed by atoms with Crippen LogP contribution in [0.4, 0.5) is 13.2 Å². The van der Waals surface area contributed by atoms with Crippen molar-refractivity contribution in [3.8, 4) is 0 Å². The molecule has 2 fully saturated rings. The van der Waals surface area contributed by atoms with Gasteiger partial charge >= 0.3 is 6.18 Å². The smallest absolute Gasteiger partial charge is 0.356 e. The lowest BCUT2D eigenvalue weighted by molar-refractivity contribution is -0.140. The molecule has 1 aromatic heterocycles. The molecule has 0 unspecified atom stereocenters. The lowest BCUT2D eigenvalue weighted by atomic mass is 9.87. The second-order valence-electron chi connectivity index (χ2n) is 6.86. The van der Waals surface area contributed by atoms with Gasteiger partial charge in [0.25, 0.3) is 0 Å². The summed E-state index contributed by atoms with van der Waals surface area (Å²) >= 11 is 3.17. The number of hydrogen-bond acceptors (Lipinski definition) is 4. The monoisotopic (exact) mass is 406 g/mol. The third-order valence-electron chi connectivity index (χ3n) is 4.99. The molecule has 1 aliphatic heterocycles. The van der Waals surface area contributed by atoms with Gasteiger partial charge < -0.3 is 10.2 Å². The van der Waals surface area contributed by atoms with Crippen LogP contribution in [0.3, 0.4) is 0 Å². The average Bonchev–Trinajstić information content (AvgIpc) is 3.09. The molecule has 4 nitrogen and oxygen atoms in total. The molecule has 3 rings (SSSR count). The van der Waals surface area contributed by atoms with Gasteiger partial charge in [0, 0.05) is 49.0 Å². The van der Waals surface area contributed by atoms with Crippen molar-refractivity contribution in [1.82, 2.24) is 15.2 Å². The van der Waals surface area contributed by atoms with E-state index in [0.29, 0.717) is 22.7 Å². The first-order chi connectivity index (χ1) is 12.4. The maximum absolute atomic E-state index is 12.6. The minimum absolute atomic E-state index is 0.352. The Morgan fingerprint density at radius 3 is 2.77 bits per heavy atom. The van der Waals surface area contributed by atoms with Gasteiger partial charge in [0.15, 0.2) is 11.7 Å². The lowest BCUT2D eigenvalue weighted by Gasteiger charge is -2.45. The highest BCUT2D eigenvalue weighted by Gasteiger charge is 2.38. The van der Waals surface area contributed by atoms with E-state index in [4.69, 9.17) is 0 Å². The molecule has 0 bridgehead atoms. The topological polar surface area (TPSA) is 40.5 Å². The second-order valence-corrected chi connectivity index (χ2v) is 9.37. The molecule has 26 heavy (non-hydrogen) atoms. The van der Waals surface area contributed by atoms with Gasteiger partial charge in [0.2, 0.25) is 0 Å². The van der Waals surface area contributed by atoms with Crippen molar-refractivity contribution >= 4 is 29.1 Å². The summed E-state index contributed by atoms with van der Waals surface area (Å²) in [7, 11) is 1.77. The van der Waals surface area contributed by atoms with Crippen LogP contribution in [0.2, 0.25) is 0 Å². The fraction of sp³-hybridized carbons (Fsp3) is 0.765. The molecule has 1 saturated carbocycles. The Balaban J connectivity index is 1.52. The summed E-state index contributed by atoms with van der Waals surface area (Å²) in [5.41, 5.74) is -0.797. The third-order valence-corrected chi connectivity index (χ3v) is 7.43. The van der Waals surface area contributed by atoms with Crippen molar-refractivity contribution in [3.05, 3.63) is 16.1 Å². The summed E-state index contributed by atoms with van der Waals surface area (Å²) < 4.78 is 38.2. The van der Waals surface area contributed by atoms with E-state index in [-0.39, 0.29) is 0 Å². The van der Waals surface area contributed by atoms with Crippen LogP contribution in [0.15, 0.2) is 10.4 Å². The first kappa shape index (κ1) is 19.8. The zero-order valence-electron chi connectivity index (χ0n) is 14.9. The van der Waals surface area contributed by atoms with Crippen molar-refractivity contribution in [3.63, 3.8) is 0 Å². The second kappa shape index (κ2) is 8.37. The number of hydrogen-bond donors (Lipinski definition) is 1. The van der Waals surface area contributed by atoms with Crippen LogP contribution < -0.4 is 5.32 Å². The van der Waals surface area contributed by atoms with Crippen LogP contribution in [0.25, 0.3) is 0 Å². The van der Waals surface area contributed by atoms with E-state index in [2.05, 4.69) is 32.0 Å². The molecule has 9 heteroatoms. The van der Waals surface area contributed by atoms with Gasteiger partial charge in [-0.25, -0.2) is 4.98 Å². The number of aromatic nitrogens is 1. The molecular weight excluding hydrogens is 381 g/mol. The van der Waals surface area contributed by atoms with E-state index in [0.717, 1.165) is 41.5 Å². The van der Waals surface area contributed by atoms with Crippen LogP contribution in [-0.2, 0) is 12.6 Å². The fourth-order valence-corrected chi connectivity index (χ4v) is 6.07. The van der Waals surface area contributed by atoms with E-state index in [9.17, 15) is 13.2 Å². The Hall–Kier alpha value is -0.960. The Morgan fingerprint density at radius 1 is 1.35 bits per heavy atom. The number of nitrogens with one attached hydrogen (secondary N) is 1. The zero-order chi connectivity index (χ0) is 18.6. The van der Waals surface area contributed by atoms with Gasteiger partial charge in [0.1, 0.15) is 0 Å². The van der Waals surface area contributed by atoms with Crippen LogP contribution >= 0.6 is 23.1 Å². The minimum Gasteiger partial charge on any atom is -0.356 e. The third kappa shape index (κ3) is 4.85.